The molecule has 2 aromatic rings. The monoisotopic (exact) mass is 478 g/mol. The number of ether oxygens (including phenoxy) is 2. The standard InChI is InChI=1S/C27H30N2O6/c1-27(25(32)28-17-10-16(11-17)12-24(30)31)15-34-14-23(27)29-26(33)35-13-22-20-8-4-2-6-18(20)19-7-3-5-9-21(19)22/h2-9,16-17,22-23H,10-15H2,1H3,(H,28,32)(H,29,33)(H,30,31). The third kappa shape index (κ3) is 4.50. The molecule has 0 bridgehead atoms. The van der Waals surface area contributed by atoms with Crippen molar-refractivity contribution in [2.24, 2.45) is 11.3 Å². The van der Waals surface area contributed by atoms with Crippen LogP contribution in [0.15, 0.2) is 48.5 Å². The highest BCUT2D eigenvalue weighted by molar-refractivity contribution is 5.85. The lowest BCUT2D eigenvalue weighted by Gasteiger charge is -2.38. The molecule has 2 aliphatic carbocycles. The van der Waals surface area contributed by atoms with E-state index < -0.39 is 23.5 Å². The van der Waals surface area contributed by atoms with Crippen molar-refractivity contribution in [3.05, 3.63) is 59.7 Å². The zero-order valence-electron chi connectivity index (χ0n) is 19.7. The predicted octanol–water partition coefficient (Wildman–Crippen LogP) is 3.30. The van der Waals surface area contributed by atoms with Gasteiger partial charge in [0.2, 0.25) is 5.91 Å². The molecule has 1 saturated heterocycles. The van der Waals surface area contributed by atoms with Crippen LogP contribution in [-0.2, 0) is 19.1 Å². The van der Waals surface area contributed by atoms with E-state index in [1.54, 1.807) is 6.92 Å². The lowest BCUT2D eigenvalue weighted by molar-refractivity contribution is -0.139. The molecule has 8 nitrogen and oxygen atoms in total. The lowest BCUT2D eigenvalue weighted by atomic mass is 9.77. The molecule has 1 saturated carbocycles. The Hall–Kier alpha value is -3.39. The molecular weight excluding hydrogens is 448 g/mol. The summed E-state index contributed by atoms with van der Waals surface area (Å²) in [4.78, 5) is 36.6. The summed E-state index contributed by atoms with van der Waals surface area (Å²) in [5, 5.41) is 14.7. The van der Waals surface area contributed by atoms with Crippen molar-refractivity contribution in [1.29, 1.82) is 0 Å². The molecule has 5 rings (SSSR count). The van der Waals surface area contributed by atoms with E-state index in [0.717, 1.165) is 22.3 Å². The van der Waals surface area contributed by atoms with Gasteiger partial charge in [0, 0.05) is 18.4 Å². The van der Waals surface area contributed by atoms with E-state index in [1.807, 2.05) is 24.3 Å². The Morgan fingerprint density at radius 1 is 1.03 bits per heavy atom. The van der Waals surface area contributed by atoms with Crippen LogP contribution in [0.4, 0.5) is 4.79 Å². The Bertz CT molecular complexity index is 1100. The first-order valence-electron chi connectivity index (χ1n) is 12.1. The smallest absolute Gasteiger partial charge is 0.407 e. The van der Waals surface area contributed by atoms with Gasteiger partial charge in [-0.3, -0.25) is 9.59 Å². The average molecular weight is 479 g/mol. The first-order chi connectivity index (χ1) is 16.8. The summed E-state index contributed by atoms with van der Waals surface area (Å²) >= 11 is 0. The van der Waals surface area contributed by atoms with Gasteiger partial charge in [0.1, 0.15) is 6.61 Å². The number of hydrogen-bond acceptors (Lipinski definition) is 5. The Morgan fingerprint density at radius 2 is 1.66 bits per heavy atom. The van der Waals surface area contributed by atoms with E-state index in [1.165, 1.54) is 0 Å². The Kier molecular flexibility index (Phi) is 6.23. The largest absolute Gasteiger partial charge is 0.481 e. The van der Waals surface area contributed by atoms with Gasteiger partial charge in [-0.2, -0.15) is 0 Å². The number of aliphatic carboxylic acids is 1. The molecule has 0 aromatic heterocycles. The SMILES string of the molecule is CC1(C(=O)NC2CC(CC(=O)O)C2)COCC1NC(=O)OCC1c2ccccc2-c2ccccc21. The maximum Gasteiger partial charge on any atom is 0.407 e. The summed E-state index contributed by atoms with van der Waals surface area (Å²) in [6.07, 6.45) is 0.851. The van der Waals surface area contributed by atoms with E-state index in [4.69, 9.17) is 14.6 Å². The number of rotatable bonds is 7. The van der Waals surface area contributed by atoms with Crippen LogP contribution in [-0.4, -0.2) is 55.0 Å². The molecule has 35 heavy (non-hydrogen) atoms. The number of carboxylic acids is 1. The van der Waals surface area contributed by atoms with Crippen LogP contribution in [0.5, 0.6) is 0 Å². The number of carboxylic acid groups (broad SMARTS) is 1. The first-order valence-corrected chi connectivity index (χ1v) is 12.1. The minimum absolute atomic E-state index is 0.0416. The number of nitrogens with one attached hydrogen (secondary N) is 2. The molecule has 2 fully saturated rings. The highest BCUT2D eigenvalue weighted by atomic mass is 16.5. The number of benzene rings is 2. The minimum Gasteiger partial charge on any atom is -0.481 e. The number of carbonyl (C=O) groups excluding carboxylic acids is 2. The quantitative estimate of drug-likeness (QED) is 0.563. The Balaban J connectivity index is 1.17. The van der Waals surface area contributed by atoms with Gasteiger partial charge in [0.05, 0.1) is 24.7 Å². The zero-order valence-corrected chi connectivity index (χ0v) is 19.7. The number of alkyl carbamates (subject to hydrolysis) is 1. The van der Waals surface area contributed by atoms with E-state index >= 15 is 0 Å². The van der Waals surface area contributed by atoms with Crippen LogP contribution >= 0.6 is 0 Å². The van der Waals surface area contributed by atoms with Crippen LogP contribution in [0.25, 0.3) is 11.1 Å². The fourth-order valence-corrected chi connectivity index (χ4v) is 5.50. The summed E-state index contributed by atoms with van der Waals surface area (Å²) in [6, 6.07) is 15.7. The van der Waals surface area contributed by atoms with Gasteiger partial charge in [-0.05, 0) is 47.9 Å². The second-order valence-electron chi connectivity index (χ2n) is 10.1. The first kappa shape index (κ1) is 23.4. The molecule has 3 aliphatic rings. The van der Waals surface area contributed by atoms with E-state index in [0.29, 0.717) is 12.8 Å². The molecule has 2 aromatic carbocycles. The molecule has 184 valence electrons. The fourth-order valence-electron chi connectivity index (χ4n) is 5.50. The van der Waals surface area contributed by atoms with Crippen molar-refractivity contribution in [2.75, 3.05) is 19.8 Å². The van der Waals surface area contributed by atoms with Crippen molar-refractivity contribution in [1.82, 2.24) is 10.6 Å². The normalized spacial score (nSPS) is 26.8. The molecular formula is C27H30N2O6. The third-order valence-corrected chi connectivity index (χ3v) is 7.64. The molecule has 3 N–H and O–H groups in total. The van der Waals surface area contributed by atoms with Crippen molar-refractivity contribution in [3.63, 3.8) is 0 Å². The summed E-state index contributed by atoms with van der Waals surface area (Å²) in [5.41, 5.74) is 3.66. The topological polar surface area (TPSA) is 114 Å². The number of carbonyl (C=O) groups is 3. The van der Waals surface area contributed by atoms with E-state index in [-0.39, 0.29) is 50.0 Å². The van der Waals surface area contributed by atoms with E-state index in [2.05, 4.69) is 34.9 Å². The molecule has 1 aliphatic heterocycles. The van der Waals surface area contributed by atoms with Crippen molar-refractivity contribution >= 4 is 18.0 Å². The number of amides is 2. The molecule has 1 heterocycles. The van der Waals surface area contributed by atoms with Gasteiger partial charge in [0.25, 0.3) is 0 Å². The summed E-state index contributed by atoms with van der Waals surface area (Å²) in [5.74, 6) is -0.957. The summed E-state index contributed by atoms with van der Waals surface area (Å²) in [7, 11) is 0. The van der Waals surface area contributed by atoms with Crippen molar-refractivity contribution in [3.8, 4) is 11.1 Å². The van der Waals surface area contributed by atoms with Gasteiger partial charge in [-0.25, -0.2) is 4.79 Å². The molecule has 2 atom stereocenters. The second-order valence-corrected chi connectivity index (χ2v) is 10.1. The lowest BCUT2D eigenvalue weighted by Crippen LogP contribution is -2.57. The van der Waals surface area contributed by atoms with Crippen LogP contribution in [0.1, 0.15) is 43.2 Å². The maximum atomic E-state index is 13.0. The molecule has 0 spiro atoms. The van der Waals surface area contributed by atoms with Crippen LogP contribution in [0.3, 0.4) is 0 Å². The van der Waals surface area contributed by atoms with Crippen LogP contribution in [0, 0.1) is 11.3 Å². The highest BCUT2D eigenvalue weighted by Crippen LogP contribution is 2.44. The zero-order chi connectivity index (χ0) is 24.6. The van der Waals surface area contributed by atoms with Gasteiger partial charge in [-0.1, -0.05) is 48.5 Å². The molecule has 0 radical (unpaired) electrons. The van der Waals surface area contributed by atoms with E-state index in [9.17, 15) is 14.4 Å². The van der Waals surface area contributed by atoms with Gasteiger partial charge < -0.3 is 25.2 Å². The Morgan fingerprint density at radius 3 is 2.29 bits per heavy atom. The fraction of sp³-hybridized carbons (Fsp3) is 0.444. The molecule has 2 amide bonds. The predicted molar refractivity (Wildman–Crippen MR) is 128 cm³/mol. The molecule has 8 heteroatoms. The second kappa shape index (κ2) is 9.34. The number of fused-ring (bicyclic) bond motifs is 3. The average Bonchev–Trinajstić information content (AvgIpc) is 3.34. The minimum atomic E-state index is -0.927. The Labute approximate surface area is 204 Å². The van der Waals surface area contributed by atoms with Gasteiger partial charge >= 0.3 is 12.1 Å². The highest BCUT2D eigenvalue weighted by Gasteiger charge is 2.48. The van der Waals surface area contributed by atoms with Gasteiger partial charge in [0.15, 0.2) is 0 Å². The van der Waals surface area contributed by atoms with Crippen molar-refractivity contribution < 1.29 is 29.0 Å². The molecule has 2 unspecified atom stereocenters. The maximum absolute atomic E-state index is 13.0. The summed E-state index contributed by atoms with van der Waals surface area (Å²) in [6.45, 7) is 2.39. The van der Waals surface area contributed by atoms with Crippen molar-refractivity contribution in [2.45, 2.75) is 44.2 Å². The third-order valence-electron chi connectivity index (χ3n) is 7.64. The van der Waals surface area contributed by atoms with Crippen LogP contribution in [0.2, 0.25) is 0 Å². The summed E-state index contributed by atoms with van der Waals surface area (Å²) < 4.78 is 11.2. The van der Waals surface area contributed by atoms with Crippen LogP contribution < -0.4 is 10.6 Å². The van der Waals surface area contributed by atoms with Gasteiger partial charge in [-0.15, -0.1) is 0 Å². The number of hydrogen-bond donors (Lipinski definition) is 3.